The molecular weight excluding hydrogens is 325 g/mol. The first-order valence-electron chi connectivity index (χ1n) is 7.57. The molecule has 0 unspecified atom stereocenters. The van der Waals surface area contributed by atoms with Gasteiger partial charge >= 0.3 is 5.97 Å². The van der Waals surface area contributed by atoms with E-state index in [0.29, 0.717) is 17.9 Å². The molecular formula is C19H16FNO4. The van der Waals surface area contributed by atoms with Gasteiger partial charge in [-0.1, -0.05) is 18.2 Å². The number of halogens is 1. The van der Waals surface area contributed by atoms with Gasteiger partial charge in [0.25, 0.3) is 0 Å². The van der Waals surface area contributed by atoms with Gasteiger partial charge < -0.3 is 14.2 Å². The Balaban J connectivity index is 1.82. The summed E-state index contributed by atoms with van der Waals surface area (Å²) in [5.41, 5.74) is 1.74. The zero-order valence-electron chi connectivity index (χ0n) is 13.8. The van der Waals surface area contributed by atoms with Crippen LogP contribution in [0.4, 0.5) is 4.39 Å². The number of ether oxygens (including phenoxy) is 3. The van der Waals surface area contributed by atoms with Crippen LogP contribution >= 0.6 is 0 Å². The Morgan fingerprint density at radius 2 is 1.80 bits per heavy atom. The van der Waals surface area contributed by atoms with E-state index in [-0.39, 0.29) is 17.4 Å². The van der Waals surface area contributed by atoms with Gasteiger partial charge in [0.1, 0.15) is 5.82 Å². The smallest absolute Gasteiger partial charge is 0.363 e. The van der Waals surface area contributed by atoms with Crippen molar-refractivity contribution in [2.75, 3.05) is 14.2 Å². The molecule has 1 heterocycles. The lowest BCUT2D eigenvalue weighted by Crippen LogP contribution is -2.06. The fourth-order valence-corrected chi connectivity index (χ4v) is 2.41. The first-order chi connectivity index (χ1) is 12.1. The number of methoxy groups -OCH3 is 2. The van der Waals surface area contributed by atoms with Gasteiger partial charge in [0.15, 0.2) is 17.2 Å². The van der Waals surface area contributed by atoms with Crippen LogP contribution in [-0.2, 0) is 16.0 Å². The third-order valence-electron chi connectivity index (χ3n) is 3.64. The molecule has 0 fully saturated rings. The van der Waals surface area contributed by atoms with E-state index in [1.54, 1.807) is 43.5 Å². The predicted octanol–water partition coefficient (Wildman–Crippen LogP) is 3.38. The third-order valence-corrected chi connectivity index (χ3v) is 3.64. The number of rotatable bonds is 5. The molecule has 6 heteroatoms. The molecule has 0 atom stereocenters. The molecule has 2 aromatic carbocycles. The minimum atomic E-state index is -0.521. The van der Waals surface area contributed by atoms with Gasteiger partial charge in [0, 0.05) is 6.42 Å². The van der Waals surface area contributed by atoms with Crippen molar-refractivity contribution >= 4 is 17.9 Å². The molecule has 25 heavy (non-hydrogen) atoms. The first kappa shape index (κ1) is 16.7. The van der Waals surface area contributed by atoms with Crippen molar-refractivity contribution in [2.24, 2.45) is 4.99 Å². The summed E-state index contributed by atoms with van der Waals surface area (Å²) in [6, 6.07) is 11.2. The quantitative estimate of drug-likeness (QED) is 0.618. The van der Waals surface area contributed by atoms with Crippen LogP contribution in [0.15, 0.2) is 53.2 Å². The molecule has 128 valence electrons. The monoisotopic (exact) mass is 341 g/mol. The average Bonchev–Trinajstić information content (AvgIpc) is 2.96. The van der Waals surface area contributed by atoms with Gasteiger partial charge in [0.2, 0.25) is 5.90 Å². The lowest BCUT2D eigenvalue weighted by Gasteiger charge is -2.07. The standard InChI is InChI=1S/C19H16FNO4/c1-23-16-8-5-13(10-17(16)24-2)9-15-19(22)25-18(21-15)11-12-3-6-14(20)7-4-12/h3-10H,11H2,1-2H3/b15-9+. The number of aliphatic imine (C=N–C) groups is 1. The molecule has 5 nitrogen and oxygen atoms in total. The van der Waals surface area contributed by atoms with E-state index in [0.717, 1.165) is 11.1 Å². The van der Waals surface area contributed by atoms with Crippen LogP contribution in [0.1, 0.15) is 11.1 Å². The predicted molar refractivity (Wildman–Crippen MR) is 91.2 cm³/mol. The Morgan fingerprint density at radius 3 is 2.48 bits per heavy atom. The fraction of sp³-hybridized carbons (Fsp3) is 0.158. The van der Waals surface area contributed by atoms with Crippen molar-refractivity contribution in [3.05, 3.63) is 65.1 Å². The topological polar surface area (TPSA) is 57.1 Å². The highest BCUT2D eigenvalue weighted by Gasteiger charge is 2.23. The van der Waals surface area contributed by atoms with Gasteiger partial charge in [0.05, 0.1) is 14.2 Å². The zero-order chi connectivity index (χ0) is 17.8. The first-order valence-corrected chi connectivity index (χ1v) is 7.57. The van der Waals surface area contributed by atoms with Crippen molar-refractivity contribution in [2.45, 2.75) is 6.42 Å². The molecule has 0 saturated heterocycles. The minimum Gasteiger partial charge on any atom is -0.493 e. The number of nitrogens with zero attached hydrogens (tertiary/aromatic N) is 1. The number of benzene rings is 2. The molecule has 2 aromatic rings. The van der Waals surface area contributed by atoms with Gasteiger partial charge in [-0.3, -0.25) is 0 Å². The van der Waals surface area contributed by atoms with Gasteiger partial charge in [-0.15, -0.1) is 0 Å². The van der Waals surface area contributed by atoms with E-state index in [9.17, 15) is 9.18 Å². The second-order valence-corrected chi connectivity index (χ2v) is 5.34. The zero-order valence-corrected chi connectivity index (χ0v) is 13.8. The Hall–Kier alpha value is -3.15. The molecule has 0 aliphatic carbocycles. The highest BCUT2D eigenvalue weighted by Crippen LogP contribution is 2.29. The number of hydrogen-bond donors (Lipinski definition) is 0. The summed E-state index contributed by atoms with van der Waals surface area (Å²) in [4.78, 5) is 16.2. The minimum absolute atomic E-state index is 0.198. The number of carbonyl (C=O) groups is 1. The summed E-state index contributed by atoms with van der Waals surface area (Å²) < 4.78 is 28.5. The van der Waals surface area contributed by atoms with E-state index in [1.165, 1.54) is 19.2 Å². The molecule has 0 bridgehead atoms. The third kappa shape index (κ3) is 3.85. The largest absolute Gasteiger partial charge is 0.493 e. The number of cyclic esters (lactones) is 1. The van der Waals surface area contributed by atoms with E-state index < -0.39 is 5.97 Å². The van der Waals surface area contributed by atoms with Gasteiger partial charge in [-0.05, 0) is 41.5 Å². The van der Waals surface area contributed by atoms with Crippen molar-refractivity contribution in [1.82, 2.24) is 0 Å². The fourth-order valence-electron chi connectivity index (χ4n) is 2.41. The molecule has 0 radical (unpaired) electrons. The van der Waals surface area contributed by atoms with Crippen LogP contribution < -0.4 is 9.47 Å². The molecule has 0 saturated carbocycles. The van der Waals surface area contributed by atoms with Crippen LogP contribution in [0.3, 0.4) is 0 Å². The maximum absolute atomic E-state index is 12.9. The van der Waals surface area contributed by atoms with Gasteiger partial charge in [-0.25, -0.2) is 14.2 Å². The van der Waals surface area contributed by atoms with Crippen LogP contribution in [0.5, 0.6) is 11.5 Å². The highest BCUT2D eigenvalue weighted by molar-refractivity contribution is 6.07. The molecule has 1 aliphatic rings. The Morgan fingerprint density at radius 1 is 1.08 bits per heavy atom. The van der Waals surface area contributed by atoms with Crippen molar-refractivity contribution < 1.29 is 23.4 Å². The van der Waals surface area contributed by atoms with E-state index in [4.69, 9.17) is 14.2 Å². The van der Waals surface area contributed by atoms with Crippen molar-refractivity contribution in [1.29, 1.82) is 0 Å². The molecule has 0 N–H and O–H groups in total. The summed E-state index contributed by atoms with van der Waals surface area (Å²) in [7, 11) is 3.09. The second kappa shape index (κ2) is 7.17. The summed E-state index contributed by atoms with van der Waals surface area (Å²) >= 11 is 0. The number of hydrogen-bond acceptors (Lipinski definition) is 5. The summed E-state index contributed by atoms with van der Waals surface area (Å²) in [5, 5.41) is 0. The van der Waals surface area contributed by atoms with Crippen molar-refractivity contribution in [3.63, 3.8) is 0 Å². The lowest BCUT2D eigenvalue weighted by atomic mass is 10.1. The second-order valence-electron chi connectivity index (χ2n) is 5.34. The SMILES string of the molecule is COc1ccc(/C=C2/N=C(Cc3ccc(F)cc3)OC2=O)cc1OC. The molecule has 3 rings (SSSR count). The van der Waals surface area contributed by atoms with Crippen LogP contribution in [0.25, 0.3) is 6.08 Å². The van der Waals surface area contributed by atoms with Crippen molar-refractivity contribution in [3.8, 4) is 11.5 Å². The van der Waals surface area contributed by atoms with E-state index in [1.807, 2.05) is 0 Å². The normalized spacial score (nSPS) is 15.1. The maximum atomic E-state index is 12.9. The Labute approximate surface area is 144 Å². The van der Waals surface area contributed by atoms with Crippen LogP contribution in [0.2, 0.25) is 0 Å². The molecule has 0 aromatic heterocycles. The van der Waals surface area contributed by atoms with Gasteiger partial charge in [-0.2, -0.15) is 0 Å². The average molecular weight is 341 g/mol. The van der Waals surface area contributed by atoms with E-state index >= 15 is 0 Å². The Kier molecular flexibility index (Phi) is 4.79. The summed E-state index contributed by atoms with van der Waals surface area (Å²) in [6.07, 6.45) is 1.93. The summed E-state index contributed by atoms with van der Waals surface area (Å²) in [5.74, 6) is 0.594. The summed E-state index contributed by atoms with van der Waals surface area (Å²) in [6.45, 7) is 0. The molecule has 0 amide bonds. The lowest BCUT2D eigenvalue weighted by molar-refractivity contribution is -0.130. The van der Waals surface area contributed by atoms with Crippen LogP contribution in [0, 0.1) is 5.82 Å². The molecule has 1 aliphatic heterocycles. The maximum Gasteiger partial charge on any atom is 0.363 e. The number of esters is 1. The van der Waals surface area contributed by atoms with Crippen LogP contribution in [-0.4, -0.2) is 26.1 Å². The molecule has 0 spiro atoms. The van der Waals surface area contributed by atoms with E-state index in [2.05, 4.69) is 4.99 Å². The number of carbonyl (C=O) groups excluding carboxylic acids is 1. The Bertz CT molecular complexity index is 856. The highest BCUT2D eigenvalue weighted by atomic mass is 19.1.